The predicted octanol–water partition coefficient (Wildman–Crippen LogP) is 2.18. The number of ether oxygens (including phenoxy) is 2. The van der Waals surface area contributed by atoms with Crippen LogP contribution in [0.1, 0.15) is 24.8 Å². The molecular weight excluding hydrogens is 286 g/mol. The Kier molecular flexibility index (Phi) is 6.21. The summed E-state index contributed by atoms with van der Waals surface area (Å²) in [5, 5.41) is 11.7. The molecule has 120 valence electrons. The van der Waals surface area contributed by atoms with Crippen molar-refractivity contribution in [3.05, 3.63) is 35.9 Å². The smallest absolute Gasteiger partial charge is 0.407 e. The Morgan fingerprint density at radius 1 is 1.36 bits per heavy atom. The fraction of sp³-hybridized carbons (Fsp3) is 0.500. The van der Waals surface area contributed by atoms with Crippen molar-refractivity contribution in [1.82, 2.24) is 5.32 Å². The standard InChI is InChI=1S/C16H21NO5/c18-15(19)9-14(13-7-4-8-21-11-13)17-16(20)22-10-12-5-2-1-3-6-12/h1-3,5-6,13-14H,4,7-11H2,(H,17,20)(H,18,19)/t13?,14-/m0/s1. The molecule has 1 heterocycles. The first-order valence-electron chi connectivity index (χ1n) is 7.42. The van der Waals surface area contributed by atoms with E-state index in [9.17, 15) is 9.59 Å². The van der Waals surface area contributed by atoms with Gasteiger partial charge in [0, 0.05) is 18.6 Å². The van der Waals surface area contributed by atoms with Crippen LogP contribution in [0, 0.1) is 5.92 Å². The molecule has 0 spiro atoms. The SMILES string of the molecule is O=C(O)C[C@H](NC(=O)OCc1ccccc1)C1CCCOC1. The molecular formula is C16H21NO5. The third-order valence-corrected chi connectivity index (χ3v) is 3.68. The molecule has 1 unspecified atom stereocenters. The number of carbonyl (C=O) groups is 2. The van der Waals surface area contributed by atoms with Gasteiger partial charge in [0.05, 0.1) is 13.0 Å². The van der Waals surface area contributed by atoms with Crippen molar-refractivity contribution in [1.29, 1.82) is 0 Å². The third kappa shape index (κ3) is 5.37. The van der Waals surface area contributed by atoms with Crippen molar-refractivity contribution in [2.75, 3.05) is 13.2 Å². The predicted molar refractivity (Wildman–Crippen MR) is 79.3 cm³/mol. The van der Waals surface area contributed by atoms with Gasteiger partial charge in [-0.1, -0.05) is 30.3 Å². The van der Waals surface area contributed by atoms with E-state index in [2.05, 4.69) is 5.32 Å². The van der Waals surface area contributed by atoms with Crippen LogP contribution in [-0.2, 0) is 20.9 Å². The molecule has 2 N–H and O–H groups in total. The van der Waals surface area contributed by atoms with Gasteiger partial charge in [-0.25, -0.2) is 4.79 Å². The van der Waals surface area contributed by atoms with Gasteiger partial charge in [0.25, 0.3) is 0 Å². The van der Waals surface area contributed by atoms with E-state index < -0.39 is 18.1 Å². The second kappa shape index (κ2) is 8.38. The molecule has 1 aromatic rings. The van der Waals surface area contributed by atoms with Crippen molar-refractivity contribution < 1.29 is 24.2 Å². The van der Waals surface area contributed by atoms with E-state index >= 15 is 0 Å². The van der Waals surface area contributed by atoms with Gasteiger partial charge < -0.3 is 19.9 Å². The van der Waals surface area contributed by atoms with Gasteiger partial charge in [-0.15, -0.1) is 0 Å². The number of hydrogen-bond donors (Lipinski definition) is 2. The zero-order valence-corrected chi connectivity index (χ0v) is 12.4. The quantitative estimate of drug-likeness (QED) is 0.841. The Labute approximate surface area is 129 Å². The maximum absolute atomic E-state index is 11.9. The minimum absolute atomic E-state index is 0.00845. The van der Waals surface area contributed by atoms with E-state index in [1.807, 2.05) is 30.3 Å². The fourth-order valence-electron chi connectivity index (χ4n) is 2.52. The first kappa shape index (κ1) is 16.3. The molecule has 0 saturated carbocycles. The number of nitrogens with one attached hydrogen (secondary N) is 1. The van der Waals surface area contributed by atoms with Crippen molar-refractivity contribution in [2.24, 2.45) is 5.92 Å². The number of rotatable bonds is 6. The molecule has 2 rings (SSSR count). The van der Waals surface area contributed by atoms with Gasteiger partial charge in [-0.3, -0.25) is 4.79 Å². The summed E-state index contributed by atoms with van der Waals surface area (Å²) in [5.74, 6) is -0.937. The summed E-state index contributed by atoms with van der Waals surface area (Å²) in [6, 6.07) is 8.86. The lowest BCUT2D eigenvalue weighted by Crippen LogP contribution is -2.44. The van der Waals surface area contributed by atoms with E-state index in [-0.39, 0.29) is 18.9 Å². The summed E-state index contributed by atoms with van der Waals surface area (Å²) in [5.41, 5.74) is 0.883. The summed E-state index contributed by atoms with van der Waals surface area (Å²) in [7, 11) is 0. The molecule has 1 aliphatic rings. The summed E-state index contributed by atoms with van der Waals surface area (Å²) in [6.45, 7) is 1.32. The largest absolute Gasteiger partial charge is 0.481 e. The fourth-order valence-corrected chi connectivity index (χ4v) is 2.52. The van der Waals surface area contributed by atoms with Gasteiger partial charge >= 0.3 is 12.1 Å². The third-order valence-electron chi connectivity index (χ3n) is 3.68. The zero-order valence-electron chi connectivity index (χ0n) is 12.4. The van der Waals surface area contributed by atoms with Crippen LogP contribution in [0.2, 0.25) is 0 Å². The number of carbonyl (C=O) groups excluding carboxylic acids is 1. The normalized spacial score (nSPS) is 19.2. The number of carboxylic acids is 1. The average molecular weight is 307 g/mol. The Balaban J connectivity index is 1.85. The lowest BCUT2D eigenvalue weighted by atomic mass is 9.91. The number of alkyl carbamates (subject to hydrolysis) is 1. The highest BCUT2D eigenvalue weighted by Gasteiger charge is 2.28. The Morgan fingerprint density at radius 3 is 2.77 bits per heavy atom. The second-order valence-electron chi connectivity index (χ2n) is 5.39. The van der Waals surface area contributed by atoms with Gasteiger partial charge in [-0.2, -0.15) is 0 Å². The topological polar surface area (TPSA) is 84.9 Å². The zero-order chi connectivity index (χ0) is 15.8. The maximum atomic E-state index is 11.9. The molecule has 0 bridgehead atoms. The van der Waals surface area contributed by atoms with E-state index in [0.29, 0.717) is 13.2 Å². The highest BCUT2D eigenvalue weighted by Crippen LogP contribution is 2.20. The summed E-state index contributed by atoms with van der Waals surface area (Å²) < 4.78 is 10.5. The van der Waals surface area contributed by atoms with Crippen molar-refractivity contribution in [3.63, 3.8) is 0 Å². The Bertz CT molecular complexity index is 485. The van der Waals surface area contributed by atoms with Gasteiger partial charge in [0.2, 0.25) is 0 Å². The molecule has 0 aromatic heterocycles. The van der Waals surface area contributed by atoms with E-state index in [1.165, 1.54) is 0 Å². The average Bonchev–Trinajstić information content (AvgIpc) is 2.54. The minimum atomic E-state index is -0.945. The van der Waals surface area contributed by atoms with Crippen LogP contribution < -0.4 is 5.32 Å². The van der Waals surface area contributed by atoms with Crippen LogP contribution >= 0.6 is 0 Å². The first-order valence-corrected chi connectivity index (χ1v) is 7.42. The number of aliphatic carboxylic acids is 1. The molecule has 1 fully saturated rings. The van der Waals surface area contributed by atoms with Crippen LogP contribution in [0.15, 0.2) is 30.3 Å². The minimum Gasteiger partial charge on any atom is -0.481 e. The van der Waals surface area contributed by atoms with E-state index in [4.69, 9.17) is 14.6 Å². The summed E-state index contributed by atoms with van der Waals surface area (Å²) >= 11 is 0. The van der Waals surface area contributed by atoms with Crippen LogP contribution in [0.25, 0.3) is 0 Å². The lowest BCUT2D eigenvalue weighted by molar-refractivity contribution is -0.138. The molecule has 1 amide bonds. The molecule has 2 atom stereocenters. The molecule has 1 saturated heterocycles. The highest BCUT2D eigenvalue weighted by atomic mass is 16.5. The van der Waals surface area contributed by atoms with Gasteiger partial charge in [0.1, 0.15) is 6.61 Å². The molecule has 6 nitrogen and oxygen atoms in total. The molecule has 6 heteroatoms. The van der Waals surface area contributed by atoms with E-state index in [1.54, 1.807) is 0 Å². The van der Waals surface area contributed by atoms with Gasteiger partial charge in [-0.05, 0) is 18.4 Å². The number of benzene rings is 1. The molecule has 0 aliphatic carbocycles. The Hall–Kier alpha value is -2.08. The van der Waals surface area contributed by atoms with Crippen LogP contribution in [0.5, 0.6) is 0 Å². The summed E-state index contributed by atoms with van der Waals surface area (Å²) in [6.07, 6.45) is 0.994. The number of hydrogen-bond acceptors (Lipinski definition) is 4. The van der Waals surface area contributed by atoms with Crippen LogP contribution in [0.3, 0.4) is 0 Å². The van der Waals surface area contributed by atoms with Crippen molar-refractivity contribution in [2.45, 2.75) is 31.9 Å². The van der Waals surface area contributed by atoms with E-state index in [0.717, 1.165) is 18.4 Å². The molecule has 0 radical (unpaired) electrons. The number of carboxylic acid groups (broad SMARTS) is 1. The second-order valence-corrected chi connectivity index (χ2v) is 5.39. The maximum Gasteiger partial charge on any atom is 0.407 e. The summed E-state index contributed by atoms with van der Waals surface area (Å²) in [4.78, 5) is 22.9. The Morgan fingerprint density at radius 2 is 2.14 bits per heavy atom. The first-order chi connectivity index (χ1) is 10.6. The molecule has 1 aromatic carbocycles. The molecule has 22 heavy (non-hydrogen) atoms. The van der Waals surface area contributed by atoms with Crippen LogP contribution in [0.4, 0.5) is 4.79 Å². The lowest BCUT2D eigenvalue weighted by Gasteiger charge is -2.29. The van der Waals surface area contributed by atoms with Crippen molar-refractivity contribution in [3.8, 4) is 0 Å². The highest BCUT2D eigenvalue weighted by molar-refractivity contribution is 5.71. The van der Waals surface area contributed by atoms with Gasteiger partial charge in [0.15, 0.2) is 0 Å². The van der Waals surface area contributed by atoms with Crippen LogP contribution in [-0.4, -0.2) is 36.4 Å². The van der Waals surface area contributed by atoms with Crippen molar-refractivity contribution >= 4 is 12.1 Å². The number of amides is 1. The monoisotopic (exact) mass is 307 g/mol. The molecule has 1 aliphatic heterocycles.